The van der Waals surface area contributed by atoms with E-state index in [0.717, 1.165) is 38.3 Å². The highest BCUT2D eigenvalue weighted by Gasteiger charge is 2.18. The maximum absolute atomic E-state index is 11.7. The van der Waals surface area contributed by atoms with E-state index >= 15 is 0 Å². The molecule has 0 radical (unpaired) electrons. The third kappa shape index (κ3) is 10.4. The van der Waals surface area contributed by atoms with Crippen molar-refractivity contribution in [1.29, 1.82) is 0 Å². The van der Waals surface area contributed by atoms with Crippen LogP contribution in [0.4, 0.5) is 0 Å². The van der Waals surface area contributed by atoms with Crippen LogP contribution < -0.4 is 21.3 Å². The third-order valence-corrected chi connectivity index (χ3v) is 4.24. The second-order valence-electron chi connectivity index (χ2n) is 6.23. The number of nitrogens with one attached hydrogen (secondary N) is 4. The molecule has 0 saturated carbocycles. The van der Waals surface area contributed by atoms with Crippen LogP contribution in [0, 0.1) is 0 Å². The van der Waals surface area contributed by atoms with Gasteiger partial charge in [-0.05, 0) is 12.2 Å². The van der Waals surface area contributed by atoms with E-state index in [1.807, 2.05) is 0 Å². The summed E-state index contributed by atoms with van der Waals surface area (Å²) in [6, 6.07) is 0. The van der Waals surface area contributed by atoms with Gasteiger partial charge in [0.2, 0.25) is 23.6 Å². The second-order valence-corrected chi connectivity index (χ2v) is 6.23. The Labute approximate surface area is 165 Å². The monoisotopic (exact) mass is 394 g/mol. The van der Waals surface area contributed by atoms with E-state index in [4.69, 9.17) is 0 Å². The molecule has 1 heterocycles. The fraction of sp³-hybridized carbons (Fsp3) is 0.556. The molecule has 10 heteroatoms. The zero-order valence-electron chi connectivity index (χ0n) is 16.2. The van der Waals surface area contributed by atoms with E-state index in [0.29, 0.717) is 25.9 Å². The summed E-state index contributed by atoms with van der Waals surface area (Å²) in [5.41, 5.74) is 0. The van der Waals surface area contributed by atoms with E-state index < -0.39 is 0 Å². The SMILES string of the molecule is C=CC(=O)NCNC(=O)CCN1CCN(CCC(=O)NCNC(=O)C=C)CC1. The highest BCUT2D eigenvalue weighted by atomic mass is 16.2. The Morgan fingerprint density at radius 3 is 1.36 bits per heavy atom. The Morgan fingerprint density at radius 2 is 1.04 bits per heavy atom. The van der Waals surface area contributed by atoms with Gasteiger partial charge < -0.3 is 31.1 Å². The first-order valence-electron chi connectivity index (χ1n) is 9.23. The van der Waals surface area contributed by atoms with E-state index in [2.05, 4.69) is 44.2 Å². The van der Waals surface area contributed by atoms with Crippen LogP contribution in [0.15, 0.2) is 25.3 Å². The molecule has 1 saturated heterocycles. The van der Waals surface area contributed by atoms with Gasteiger partial charge in [0.25, 0.3) is 0 Å². The summed E-state index contributed by atoms with van der Waals surface area (Å²) < 4.78 is 0. The number of amides is 4. The highest BCUT2D eigenvalue weighted by Crippen LogP contribution is 2.03. The lowest BCUT2D eigenvalue weighted by molar-refractivity contribution is -0.123. The smallest absolute Gasteiger partial charge is 0.244 e. The number of nitrogens with zero attached hydrogens (tertiary/aromatic N) is 2. The van der Waals surface area contributed by atoms with Crippen molar-refractivity contribution in [2.24, 2.45) is 0 Å². The molecule has 4 N–H and O–H groups in total. The normalized spacial score (nSPS) is 14.6. The quantitative estimate of drug-likeness (QED) is 0.227. The zero-order valence-corrected chi connectivity index (χ0v) is 16.2. The molecule has 156 valence electrons. The van der Waals surface area contributed by atoms with Crippen LogP contribution in [-0.2, 0) is 19.2 Å². The van der Waals surface area contributed by atoms with Crippen molar-refractivity contribution in [3.05, 3.63) is 25.3 Å². The van der Waals surface area contributed by atoms with Gasteiger partial charge in [-0.2, -0.15) is 0 Å². The maximum atomic E-state index is 11.7. The summed E-state index contributed by atoms with van der Waals surface area (Å²) in [7, 11) is 0. The lowest BCUT2D eigenvalue weighted by atomic mass is 10.2. The van der Waals surface area contributed by atoms with Gasteiger partial charge in [-0.1, -0.05) is 13.2 Å². The summed E-state index contributed by atoms with van der Waals surface area (Å²) in [5.74, 6) is -0.891. The number of carbonyl (C=O) groups is 4. The molecule has 0 bridgehead atoms. The van der Waals surface area contributed by atoms with Crippen LogP contribution in [0.3, 0.4) is 0 Å². The van der Waals surface area contributed by atoms with Gasteiger partial charge in [0.05, 0.1) is 13.3 Å². The molecule has 1 aliphatic rings. The third-order valence-electron chi connectivity index (χ3n) is 4.24. The summed E-state index contributed by atoms with van der Waals surface area (Å²) >= 11 is 0. The van der Waals surface area contributed by atoms with Crippen molar-refractivity contribution in [2.75, 3.05) is 52.6 Å². The number of hydrogen-bond acceptors (Lipinski definition) is 6. The van der Waals surface area contributed by atoms with Gasteiger partial charge in [0, 0.05) is 52.1 Å². The van der Waals surface area contributed by atoms with Crippen molar-refractivity contribution in [2.45, 2.75) is 12.8 Å². The van der Waals surface area contributed by atoms with Gasteiger partial charge in [-0.15, -0.1) is 0 Å². The first-order chi connectivity index (χ1) is 13.4. The van der Waals surface area contributed by atoms with Crippen LogP contribution in [0.1, 0.15) is 12.8 Å². The molecule has 0 aromatic rings. The number of rotatable bonds is 12. The molecular weight excluding hydrogens is 364 g/mol. The average molecular weight is 394 g/mol. The van der Waals surface area contributed by atoms with Crippen LogP contribution in [0.2, 0.25) is 0 Å². The number of hydrogen-bond donors (Lipinski definition) is 4. The van der Waals surface area contributed by atoms with Crippen molar-refractivity contribution >= 4 is 23.6 Å². The van der Waals surface area contributed by atoms with Crippen molar-refractivity contribution in [1.82, 2.24) is 31.1 Å². The molecule has 0 atom stereocenters. The lowest BCUT2D eigenvalue weighted by Gasteiger charge is -2.34. The summed E-state index contributed by atoms with van der Waals surface area (Å²) in [4.78, 5) is 49.8. The van der Waals surface area contributed by atoms with Crippen LogP contribution in [0.5, 0.6) is 0 Å². The summed E-state index contributed by atoms with van der Waals surface area (Å²) in [6.45, 7) is 11.5. The minimum atomic E-state index is -0.327. The fourth-order valence-electron chi connectivity index (χ4n) is 2.54. The maximum Gasteiger partial charge on any atom is 0.244 e. The topological polar surface area (TPSA) is 123 Å². The van der Waals surface area contributed by atoms with Crippen LogP contribution >= 0.6 is 0 Å². The molecule has 0 spiro atoms. The highest BCUT2D eigenvalue weighted by molar-refractivity contribution is 5.87. The van der Waals surface area contributed by atoms with Crippen molar-refractivity contribution in [3.8, 4) is 0 Å². The minimum Gasteiger partial charge on any atom is -0.339 e. The second kappa shape index (κ2) is 13.4. The fourth-order valence-corrected chi connectivity index (χ4v) is 2.54. The van der Waals surface area contributed by atoms with Crippen molar-refractivity contribution < 1.29 is 19.2 Å². The molecule has 28 heavy (non-hydrogen) atoms. The summed E-state index contributed by atoms with van der Waals surface area (Å²) in [6.07, 6.45) is 3.03. The number of piperazine rings is 1. The van der Waals surface area contributed by atoms with Crippen LogP contribution in [-0.4, -0.2) is 86.0 Å². The molecule has 1 fully saturated rings. The molecule has 0 unspecified atom stereocenters. The molecule has 4 amide bonds. The average Bonchev–Trinajstić information content (AvgIpc) is 2.71. The van der Waals surface area contributed by atoms with Crippen LogP contribution in [0.25, 0.3) is 0 Å². The largest absolute Gasteiger partial charge is 0.339 e. The Morgan fingerprint density at radius 1 is 0.679 bits per heavy atom. The van der Waals surface area contributed by atoms with Gasteiger partial charge >= 0.3 is 0 Å². The van der Waals surface area contributed by atoms with Gasteiger partial charge in [0.1, 0.15) is 0 Å². The van der Waals surface area contributed by atoms with Gasteiger partial charge in [-0.3, -0.25) is 19.2 Å². The molecule has 10 nitrogen and oxygen atoms in total. The molecule has 1 rings (SSSR count). The van der Waals surface area contributed by atoms with E-state index in [9.17, 15) is 19.2 Å². The Kier molecular flexibility index (Phi) is 11.2. The Balaban J connectivity index is 2.08. The molecule has 1 aliphatic heterocycles. The molecule has 0 aromatic carbocycles. The summed E-state index contributed by atoms with van der Waals surface area (Å²) in [5, 5.41) is 10.2. The standard InChI is InChI=1S/C18H30N6O4/c1-3-15(25)19-13-21-17(27)5-7-23-9-11-24(12-10-23)8-6-18(28)22-14-20-16(26)4-2/h3-4H,1-2,5-14H2,(H,19,25)(H,20,26)(H,21,27)(H,22,28). The lowest BCUT2D eigenvalue weighted by Crippen LogP contribution is -2.48. The Bertz CT molecular complexity index is 522. The zero-order chi connectivity index (χ0) is 20.8. The number of carbonyl (C=O) groups excluding carboxylic acids is 4. The van der Waals surface area contributed by atoms with E-state index in [-0.39, 0.29) is 37.0 Å². The van der Waals surface area contributed by atoms with E-state index in [1.54, 1.807) is 0 Å². The Hall–Kier alpha value is -2.72. The molecule has 0 aliphatic carbocycles. The molecular formula is C18H30N6O4. The molecule has 0 aromatic heterocycles. The van der Waals surface area contributed by atoms with Gasteiger partial charge in [-0.25, -0.2) is 0 Å². The van der Waals surface area contributed by atoms with E-state index in [1.165, 1.54) is 0 Å². The minimum absolute atomic E-state index is 0.0940. The predicted molar refractivity (Wildman–Crippen MR) is 105 cm³/mol. The van der Waals surface area contributed by atoms with Gasteiger partial charge in [0.15, 0.2) is 0 Å². The predicted octanol–water partition coefficient (Wildman–Crippen LogP) is -1.86. The first kappa shape index (κ1) is 23.3. The first-order valence-corrected chi connectivity index (χ1v) is 9.23. The van der Waals surface area contributed by atoms with Crippen molar-refractivity contribution in [3.63, 3.8) is 0 Å².